The van der Waals surface area contributed by atoms with E-state index in [1.165, 1.54) is 8.61 Å². The summed E-state index contributed by atoms with van der Waals surface area (Å²) in [4.78, 5) is 0. The van der Waals surface area contributed by atoms with Crippen molar-refractivity contribution in [2.75, 3.05) is 19.5 Å². The van der Waals surface area contributed by atoms with Crippen LogP contribution in [0.5, 0.6) is 0 Å². The van der Waals surface area contributed by atoms with Gasteiger partial charge in [-0.05, 0) is 34.1 Å². The summed E-state index contributed by atoms with van der Waals surface area (Å²) in [7, 11) is -1.76. The molecule has 0 amide bonds. The summed E-state index contributed by atoms with van der Waals surface area (Å²) in [6, 6.07) is -0.0864. The van der Waals surface area contributed by atoms with Crippen LogP contribution in [0.2, 0.25) is 0 Å². The smallest absolute Gasteiger partial charge is 0.195 e. The van der Waals surface area contributed by atoms with E-state index in [-0.39, 0.29) is 12.1 Å². The van der Waals surface area contributed by atoms with Crippen LogP contribution in [-0.4, -0.2) is 48.6 Å². The maximum atomic E-state index is 12.2. The zero-order valence-corrected chi connectivity index (χ0v) is 12.3. The van der Waals surface area contributed by atoms with Gasteiger partial charge in [0.1, 0.15) is 0 Å². The molecule has 0 atom stereocenters. The van der Waals surface area contributed by atoms with E-state index in [1.807, 2.05) is 27.7 Å². The van der Waals surface area contributed by atoms with E-state index >= 15 is 0 Å². The third kappa shape index (κ3) is 4.20. The van der Waals surface area contributed by atoms with E-state index in [0.717, 1.165) is 0 Å². The number of hydrogen-bond donors (Lipinski definition) is 0. The quantitative estimate of drug-likeness (QED) is 0.663. The van der Waals surface area contributed by atoms with Gasteiger partial charge in [0.2, 0.25) is 0 Å². The Balaban J connectivity index is 4.90. The highest BCUT2D eigenvalue weighted by atomic mass is 35.5. The van der Waals surface area contributed by atoms with Crippen molar-refractivity contribution in [3.63, 3.8) is 0 Å². The zero-order chi connectivity index (χ0) is 12.9. The van der Waals surface area contributed by atoms with Gasteiger partial charge >= 0.3 is 0 Å². The molecule has 98 valence electrons. The highest BCUT2D eigenvalue weighted by Gasteiger charge is 2.29. The second kappa shape index (κ2) is 6.79. The van der Waals surface area contributed by atoms with Crippen LogP contribution in [0.4, 0.5) is 0 Å². The SMILES string of the molecule is CC(C)N(C)S(=O)(=O)N(CCCCl)C(C)C. The minimum Gasteiger partial charge on any atom is -0.195 e. The molecule has 4 nitrogen and oxygen atoms in total. The molecule has 0 heterocycles. The van der Waals surface area contributed by atoms with Crippen LogP contribution in [0.1, 0.15) is 34.1 Å². The van der Waals surface area contributed by atoms with E-state index < -0.39 is 10.2 Å². The van der Waals surface area contributed by atoms with Gasteiger partial charge in [-0.25, -0.2) is 0 Å². The fourth-order valence-electron chi connectivity index (χ4n) is 1.29. The predicted octanol–water partition coefficient (Wildman–Crippen LogP) is 1.91. The second-order valence-electron chi connectivity index (χ2n) is 4.36. The molecule has 0 aromatic rings. The molecule has 0 aromatic carbocycles. The lowest BCUT2D eigenvalue weighted by molar-refractivity contribution is 0.303. The maximum Gasteiger partial charge on any atom is 0.282 e. The van der Waals surface area contributed by atoms with Crippen molar-refractivity contribution in [3.05, 3.63) is 0 Å². The fourth-order valence-corrected chi connectivity index (χ4v) is 3.16. The van der Waals surface area contributed by atoms with Gasteiger partial charge in [0, 0.05) is 31.6 Å². The normalized spacial score (nSPS) is 13.4. The molecule has 0 aliphatic carbocycles. The molecular formula is C10H23ClN2O2S. The summed E-state index contributed by atoms with van der Waals surface area (Å²) in [5, 5.41) is 0. The Morgan fingerprint density at radius 2 is 1.62 bits per heavy atom. The first-order chi connectivity index (χ1) is 7.25. The fraction of sp³-hybridized carbons (Fsp3) is 1.00. The highest BCUT2D eigenvalue weighted by molar-refractivity contribution is 7.86. The van der Waals surface area contributed by atoms with E-state index in [9.17, 15) is 8.42 Å². The minimum atomic E-state index is -3.36. The summed E-state index contributed by atoms with van der Waals surface area (Å²) >= 11 is 5.61. The molecule has 6 heteroatoms. The Bertz CT molecular complexity index is 291. The van der Waals surface area contributed by atoms with Gasteiger partial charge in [0.15, 0.2) is 0 Å². The van der Waals surface area contributed by atoms with Crippen molar-refractivity contribution in [2.45, 2.75) is 46.2 Å². The molecule has 0 spiro atoms. The molecule has 0 aliphatic rings. The van der Waals surface area contributed by atoms with E-state index in [4.69, 9.17) is 11.6 Å². The third-order valence-electron chi connectivity index (χ3n) is 2.48. The second-order valence-corrected chi connectivity index (χ2v) is 6.68. The van der Waals surface area contributed by atoms with Gasteiger partial charge in [-0.3, -0.25) is 0 Å². The van der Waals surface area contributed by atoms with E-state index in [0.29, 0.717) is 18.8 Å². The summed E-state index contributed by atoms with van der Waals surface area (Å²) < 4.78 is 27.3. The Kier molecular flexibility index (Phi) is 6.86. The molecule has 0 aliphatic heterocycles. The number of hydrogen-bond acceptors (Lipinski definition) is 2. The summed E-state index contributed by atoms with van der Waals surface area (Å²) in [6.07, 6.45) is 0.672. The molecule has 16 heavy (non-hydrogen) atoms. The molecule has 0 bridgehead atoms. The summed E-state index contributed by atoms with van der Waals surface area (Å²) in [5.74, 6) is 0.476. The van der Waals surface area contributed by atoms with Crippen molar-refractivity contribution in [2.24, 2.45) is 0 Å². The maximum absolute atomic E-state index is 12.2. The van der Waals surface area contributed by atoms with E-state index in [1.54, 1.807) is 7.05 Å². The van der Waals surface area contributed by atoms with Crippen molar-refractivity contribution in [3.8, 4) is 0 Å². The van der Waals surface area contributed by atoms with Crippen molar-refractivity contribution < 1.29 is 8.42 Å². The number of alkyl halides is 1. The van der Waals surface area contributed by atoms with Gasteiger partial charge in [-0.1, -0.05) is 0 Å². The molecule has 0 radical (unpaired) electrons. The monoisotopic (exact) mass is 270 g/mol. The predicted molar refractivity (Wildman–Crippen MR) is 69.0 cm³/mol. The molecule has 0 unspecified atom stereocenters. The third-order valence-corrected chi connectivity index (χ3v) is 5.09. The lowest BCUT2D eigenvalue weighted by atomic mass is 10.4. The first-order valence-electron chi connectivity index (χ1n) is 5.55. The molecule has 0 saturated heterocycles. The van der Waals surface area contributed by atoms with Crippen LogP contribution < -0.4 is 0 Å². The topological polar surface area (TPSA) is 40.6 Å². The van der Waals surface area contributed by atoms with Crippen LogP contribution in [-0.2, 0) is 10.2 Å². The molecule has 0 N–H and O–H groups in total. The number of nitrogens with zero attached hydrogens (tertiary/aromatic N) is 2. The summed E-state index contributed by atoms with van der Waals surface area (Å²) in [6.45, 7) is 7.94. The zero-order valence-electron chi connectivity index (χ0n) is 10.8. The Hall–Kier alpha value is 0.160. The van der Waals surface area contributed by atoms with Crippen LogP contribution in [0.15, 0.2) is 0 Å². The average Bonchev–Trinajstić information content (AvgIpc) is 2.16. The lowest BCUT2D eigenvalue weighted by Gasteiger charge is -2.32. The van der Waals surface area contributed by atoms with Crippen LogP contribution >= 0.6 is 11.6 Å². The molecule has 0 aromatic heterocycles. The number of rotatable bonds is 7. The van der Waals surface area contributed by atoms with Gasteiger partial charge in [-0.15, -0.1) is 11.6 Å². The van der Waals surface area contributed by atoms with Crippen LogP contribution in [0, 0.1) is 0 Å². The van der Waals surface area contributed by atoms with Crippen LogP contribution in [0.3, 0.4) is 0 Å². The molecule has 0 saturated carbocycles. The Morgan fingerprint density at radius 1 is 1.12 bits per heavy atom. The van der Waals surface area contributed by atoms with Gasteiger partial charge in [0.25, 0.3) is 10.2 Å². The first kappa shape index (κ1) is 16.2. The molecular weight excluding hydrogens is 248 g/mol. The summed E-state index contributed by atoms with van der Waals surface area (Å²) in [5.41, 5.74) is 0. The van der Waals surface area contributed by atoms with Crippen molar-refractivity contribution in [1.82, 2.24) is 8.61 Å². The Morgan fingerprint density at radius 3 is 1.94 bits per heavy atom. The number of halogens is 1. The highest BCUT2D eigenvalue weighted by Crippen LogP contribution is 2.14. The average molecular weight is 271 g/mol. The minimum absolute atomic E-state index is 0.0396. The molecule has 0 rings (SSSR count). The van der Waals surface area contributed by atoms with Gasteiger partial charge < -0.3 is 0 Å². The van der Waals surface area contributed by atoms with E-state index in [2.05, 4.69) is 0 Å². The largest absolute Gasteiger partial charge is 0.282 e. The first-order valence-corrected chi connectivity index (χ1v) is 7.49. The van der Waals surface area contributed by atoms with Gasteiger partial charge in [-0.2, -0.15) is 17.0 Å². The van der Waals surface area contributed by atoms with Gasteiger partial charge in [0.05, 0.1) is 0 Å². The standard InChI is InChI=1S/C10H23ClN2O2S/c1-9(2)12(5)16(14,15)13(10(3)4)8-6-7-11/h9-10H,6-8H2,1-5H3. The van der Waals surface area contributed by atoms with Crippen LogP contribution in [0.25, 0.3) is 0 Å². The molecule has 0 fully saturated rings. The Labute approximate surface area is 105 Å². The van der Waals surface area contributed by atoms with Crippen molar-refractivity contribution in [1.29, 1.82) is 0 Å². The van der Waals surface area contributed by atoms with Crippen molar-refractivity contribution >= 4 is 21.8 Å². The lowest BCUT2D eigenvalue weighted by Crippen LogP contribution is -2.48.